The summed E-state index contributed by atoms with van der Waals surface area (Å²) in [5.74, 6) is -0.178. The fraction of sp³-hybridized carbons (Fsp3) is 0.533. The highest BCUT2D eigenvalue weighted by Crippen LogP contribution is 2.46. The molecule has 0 spiro atoms. The second kappa shape index (κ2) is 5.76. The number of benzene rings is 1. The Labute approximate surface area is 133 Å². The van der Waals surface area contributed by atoms with Crippen LogP contribution in [0.25, 0.3) is 0 Å². The average Bonchev–Trinajstić information content (AvgIpc) is 3.06. The highest BCUT2D eigenvalue weighted by atomic mass is 35.5. The molecule has 0 amide bonds. The maximum Gasteiger partial charge on any atom is 0.306 e. The van der Waals surface area contributed by atoms with Crippen LogP contribution in [-0.2, 0) is 19.9 Å². The predicted octanol–water partition coefficient (Wildman–Crippen LogP) is 2.86. The fourth-order valence-corrected chi connectivity index (χ4v) is 3.52. The van der Waals surface area contributed by atoms with Crippen LogP contribution in [0.3, 0.4) is 0 Å². The number of carbonyl (C=O) groups is 1. The molecule has 2 bridgehead atoms. The van der Waals surface area contributed by atoms with E-state index in [1.165, 1.54) is 7.11 Å². The summed E-state index contributed by atoms with van der Waals surface area (Å²) in [6, 6.07) is 6.02. The molecule has 2 aliphatic rings. The third-order valence-electron chi connectivity index (χ3n) is 4.37. The van der Waals surface area contributed by atoms with E-state index in [1.54, 1.807) is 0 Å². The van der Waals surface area contributed by atoms with Crippen molar-refractivity contribution in [3.8, 4) is 0 Å². The van der Waals surface area contributed by atoms with Crippen molar-refractivity contribution >= 4 is 29.2 Å². The summed E-state index contributed by atoms with van der Waals surface area (Å²) in [5.41, 5.74) is 0.731. The number of ether oxygens (including phenoxy) is 2. The van der Waals surface area contributed by atoms with Crippen molar-refractivity contribution in [2.45, 2.75) is 24.5 Å². The minimum absolute atomic E-state index is 0.178. The fourth-order valence-electron chi connectivity index (χ4n) is 3.23. The van der Waals surface area contributed by atoms with Gasteiger partial charge in [-0.05, 0) is 24.1 Å². The maximum absolute atomic E-state index is 11.3. The van der Waals surface area contributed by atoms with Gasteiger partial charge in [0.25, 0.3) is 0 Å². The van der Waals surface area contributed by atoms with Crippen molar-refractivity contribution in [1.82, 2.24) is 4.90 Å². The minimum Gasteiger partial charge on any atom is -0.469 e. The number of esters is 1. The number of hydrogen-bond acceptors (Lipinski definition) is 4. The van der Waals surface area contributed by atoms with Gasteiger partial charge in [-0.3, -0.25) is 9.69 Å². The summed E-state index contributed by atoms with van der Waals surface area (Å²) < 4.78 is 10.7. The van der Waals surface area contributed by atoms with Crippen LogP contribution in [0.15, 0.2) is 18.2 Å². The predicted molar refractivity (Wildman–Crippen MR) is 80.7 cm³/mol. The van der Waals surface area contributed by atoms with Gasteiger partial charge in [0, 0.05) is 19.1 Å². The van der Waals surface area contributed by atoms with Gasteiger partial charge < -0.3 is 9.47 Å². The topological polar surface area (TPSA) is 38.8 Å². The monoisotopic (exact) mass is 329 g/mol. The van der Waals surface area contributed by atoms with Crippen molar-refractivity contribution in [1.29, 1.82) is 0 Å². The number of methoxy groups -OCH3 is 1. The molecule has 1 aromatic rings. The highest BCUT2D eigenvalue weighted by molar-refractivity contribution is 6.42. The molecule has 4 nitrogen and oxygen atoms in total. The van der Waals surface area contributed by atoms with E-state index in [9.17, 15) is 4.79 Å². The Hall–Kier alpha value is -0.810. The van der Waals surface area contributed by atoms with E-state index >= 15 is 0 Å². The summed E-state index contributed by atoms with van der Waals surface area (Å²) in [5, 5.41) is 1.09. The standard InChI is InChI=1S/C15H17Cl2NO3/c1-20-14(19)4-5-18-9-15(7-11(18)8-21-15)10-2-3-12(16)13(17)6-10/h2-3,6,11H,4-5,7-9H2,1H3. The van der Waals surface area contributed by atoms with Gasteiger partial charge in [-0.15, -0.1) is 0 Å². The Morgan fingerprint density at radius 1 is 1.48 bits per heavy atom. The lowest BCUT2D eigenvalue weighted by Gasteiger charge is -2.33. The zero-order chi connectivity index (χ0) is 15.0. The van der Waals surface area contributed by atoms with Crippen molar-refractivity contribution in [3.63, 3.8) is 0 Å². The van der Waals surface area contributed by atoms with Crippen LogP contribution >= 0.6 is 23.2 Å². The summed E-state index contributed by atoms with van der Waals surface area (Å²) in [6.45, 7) is 2.15. The van der Waals surface area contributed by atoms with Gasteiger partial charge in [-0.25, -0.2) is 0 Å². The molecular weight excluding hydrogens is 313 g/mol. The van der Waals surface area contributed by atoms with Gasteiger partial charge in [0.1, 0.15) is 5.60 Å². The van der Waals surface area contributed by atoms with Crippen LogP contribution in [0.5, 0.6) is 0 Å². The van der Waals surface area contributed by atoms with Gasteiger partial charge in [0.05, 0.1) is 30.2 Å². The summed E-state index contributed by atoms with van der Waals surface area (Å²) in [6.07, 6.45) is 1.33. The first-order chi connectivity index (χ1) is 10.0. The number of rotatable bonds is 4. The molecule has 2 aliphatic heterocycles. The molecule has 0 aromatic heterocycles. The smallest absolute Gasteiger partial charge is 0.306 e. The lowest BCUT2D eigenvalue weighted by Crippen LogP contribution is -2.42. The second-order valence-corrected chi connectivity index (χ2v) is 6.40. The zero-order valence-corrected chi connectivity index (χ0v) is 13.3. The zero-order valence-electron chi connectivity index (χ0n) is 11.8. The SMILES string of the molecule is COC(=O)CCN1CC2(c3ccc(Cl)c(Cl)c3)CC1CO2. The number of morpholine rings is 1. The van der Waals surface area contributed by atoms with Crippen LogP contribution in [0, 0.1) is 0 Å². The van der Waals surface area contributed by atoms with E-state index in [0.717, 1.165) is 18.5 Å². The Balaban J connectivity index is 1.74. The van der Waals surface area contributed by atoms with Gasteiger partial charge in [-0.1, -0.05) is 29.3 Å². The van der Waals surface area contributed by atoms with E-state index in [4.69, 9.17) is 32.7 Å². The first-order valence-corrected chi connectivity index (χ1v) is 7.70. The molecular formula is C15H17Cl2NO3. The normalized spacial score (nSPS) is 28.0. The summed E-state index contributed by atoms with van der Waals surface area (Å²) >= 11 is 12.1. The van der Waals surface area contributed by atoms with E-state index in [2.05, 4.69) is 4.90 Å². The number of likely N-dealkylation sites (tertiary alicyclic amines) is 1. The van der Waals surface area contributed by atoms with Crippen LogP contribution in [0.1, 0.15) is 18.4 Å². The molecule has 2 fully saturated rings. The first-order valence-electron chi connectivity index (χ1n) is 6.94. The Bertz CT molecular complexity index is 566. The quantitative estimate of drug-likeness (QED) is 0.796. The van der Waals surface area contributed by atoms with E-state index in [1.807, 2.05) is 18.2 Å². The molecule has 2 atom stereocenters. The Morgan fingerprint density at radius 2 is 2.29 bits per heavy atom. The summed E-state index contributed by atoms with van der Waals surface area (Å²) in [4.78, 5) is 13.6. The minimum atomic E-state index is -0.324. The third kappa shape index (κ3) is 2.78. The molecule has 2 saturated heterocycles. The molecule has 2 heterocycles. The van der Waals surface area contributed by atoms with Crippen LogP contribution < -0.4 is 0 Å². The van der Waals surface area contributed by atoms with Crippen molar-refractivity contribution in [2.75, 3.05) is 26.8 Å². The number of halogens is 2. The molecule has 1 aromatic carbocycles. The van der Waals surface area contributed by atoms with Gasteiger partial charge in [0.15, 0.2) is 0 Å². The van der Waals surface area contributed by atoms with E-state index in [0.29, 0.717) is 35.7 Å². The van der Waals surface area contributed by atoms with Crippen molar-refractivity contribution in [3.05, 3.63) is 33.8 Å². The van der Waals surface area contributed by atoms with Crippen LogP contribution in [-0.4, -0.2) is 43.7 Å². The highest BCUT2D eigenvalue weighted by Gasteiger charge is 2.51. The third-order valence-corrected chi connectivity index (χ3v) is 5.11. The number of carbonyl (C=O) groups excluding carboxylic acids is 1. The molecule has 0 radical (unpaired) electrons. The molecule has 21 heavy (non-hydrogen) atoms. The van der Waals surface area contributed by atoms with Crippen molar-refractivity contribution < 1.29 is 14.3 Å². The average molecular weight is 330 g/mol. The first kappa shape index (κ1) is 15.1. The van der Waals surface area contributed by atoms with Gasteiger partial charge in [-0.2, -0.15) is 0 Å². The molecule has 6 heteroatoms. The lowest BCUT2D eigenvalue weighted by atomic mass is 9.93. The summed E-state index contributed by atoms with van der Waals surface area (Å²) in [7, 11) is 1.42. The Kier molecular flexibility index (Phi) is 4.14. The Morgan fingerprint density at radius 3 is 3.00 bits per heavy atom. The van der Waals surface area contributed by atoms with Gasteiger partial charge >= 0.3 is 5.97 Å². The largest absolute Gasteiger partial charge is 0.469 e. The van der Waals surface area contributed by atoms with Crippen molar-refractivity contribution in [2.24, 2.45) is 0 Å². The van der Waals surface area contributed by atoms with E-state index in [-0.39, 0.29) is 11.6 Å². The van der Waals surface area contributed by atoms with E-state index < -0.39 is 0 Å². The number of nitrogens with zero attached hydrogens (tertiary/aromatic N) is 1. The molecule has 2 unspecified atom stereocenters. The van der Waals surface area contributed by atoms with Gasteiger partial charge in [0.2, 0.25) is 0 Å². The van der Waals surface area contributed by atoms with Crippen LogP contribution in [0.4, 0.5) is 0 Å². The molecule has 0 N–H and O–H groups in total. The second-order valence-electron chi connectivity index (χ2n) is 5.59. The molecule has 0 saturated carbocycles. The maximum atomic E-state index is 11.3. The molecule has 3 rings (SSSR count). The molecule has 114 valence electrons. The number of hydrogen-bond donors (Lipinski definition) is 0. The lowest BCUT2D eigenvalue weighted by molar-refractivity contribution is -0.141. The molecule has 0 aliphatic carbocycles. The number of fused-ring (bicyclic) bond motifs is 2. The van der Waals surface area contributed by atoms with Crippen LogP contribution in [0.2, 0.25) is 10.0 Å².